The highest BCUT2D eigenvalue weighted by Gasteiger charge is 2.03. The van der Waals surface area contributed by atoms with Gasteiger partial charge in [-0.1, -0.05) is 0 Å². The fraction of sp³-hybridized carbons (Fsp3) is 0.167. The number of fused-ring (bicyclic) bond motifs is 3. The lowest BCUT2D eigenvalue weighted by Crippen LogP contribution is -1.92. The lowest BCUT2D eigenvalue weighted by molar-refractivity contribution is 0.934. The smallest absolute Gasteiger partial charge is 0.118 e. The Labute approximate surface area is 87.4 Å². The van der Waals surface area contributed by atoms with E-state index in [0.29, 0.717) is 0 Å². The van der Waals surface area contributed by atoms with Gasteiger partial charge < -0.3 is 0 Å². The molecule has 1 aromatic carbocycles. The fourth-order valence-electron chi connectivity index (χ4n) is 1.85. The van der Waals surface area contributed by atoms with Gasteiger partial charge in [-0.25, -0.2) is 9.50 Å². The molecule has 0 aliphatic heterocycles. The molecule has 3 rings (SSSR count). The van der Waals surface area contributed by atoms with E-state index in [4.69, 9.17) is 0 Å². The first-order valence-corrected chi connectivity index (χ1v) is 4.95. The third-order valence-electron chi connectivity index (χ3n) is 2.86. The van der Waals surface area contributed by atoms with Crippen LogP contribution in [0.3, 0.4) is 0 Å². The average molecular weight is 197 g/mol. The second-order valence-electron chi connectivity index (χ2n) is 3.86. The Bertz CT molecular complexity index is 652. The Morgan fingerprint density at radius 1 is 1.13 bits per heavy atom. The third kappa shape index (κ3) is 1.13. The summed E-state index contributed by atoms with van der Waals surface area (Å²) in [4.78, 5) is 4.38. The van der Waals surface area contributed by atoms with Crippen molar-refractivity contribution < 1.29 is 0 Å². The molecular formula is C12H11N3. The number of aromatic nitrogens is 3. The van der Waals surface area contributed by atoms with Crippen LogP contribution in [-0.2, 0) is 0 Å². The molecule has 0 saturated heterocycles. The van der Waals surface area contributed by atoms with Gasteiger partial charge in [-0.2, -0.15) is 5.10 Å². The normalized spacial score (nSPS) is 11.3. The minimum Gasteiger partial charge on any atom is -0.236 e. The molecule has 2 heterocycles. The van der Waals surface area contributed by atoms with Crippen LogP contribution in [0.15, 0.2) is 30.7 Å². The summed E-state index contributed by atoms with van der Waals surface area (Å²) in [7, 11) is 0. The molecule has 0 amide bonds. The average Bonchev–Trinajstić information content (AvgIpc) is 2.68. The summed E-state index contributed by atoms with van der Waals surface area (Å²) in [5, 5.41) is 5.34. The molecule has 2 aromatic heterocycles. The van der Waals surface area contributed by atoms with Crippen LogP contribution in [-0.4, -0.2) is 14.6 Å². The molecule has 3 heteroatoms. The quantitative estimate of drug-likeness (QED) is 0.554. The van der Waals surface area contributed by atoms with Crippen molar-refractivity contribution in [2.75, 3.05) is 0 Å². The molecule has 15 heavy (non-hydrogen) atoms. The minimum atomic E-state index is 1.03. The van der Waals surface area contributed by atoms with Crippen molar-refractivity contribution in [1.29, 1.82) is 0 Å². The molecule has 0 N–H and O–H groups in total. The first-order valence-electron chi connectivity index (χ1n) is 4.95. The topological polar surface area (TPSA) is 30.2 Å². The van der Waals surface area contributed by atoms with E-state index in [1.807, 2.05) is 6.07 Å². The molecule has 0 unspecified atom stereocenters. The largest absolute Gasteiger partial charge is 0.236 e. The highest BCUT2D eigenvalue weighted by Crippen LogP contribution is 2.21. The zero-order chi connectivity index (χ0) is 10.4. The Balaban J connectivity index is 2.57. The summed E-state index contributed by atoms with van der Waals surface area (Å²) >= 11 is 0. The van der Waals surface area contributed by atoms with Gasteiger partial charge >= 0.3 is 0 Å². The molecule has 0 spiro atoms. The van der Waals surface area contributed by atoms with Gasteiger partial charge in [0, 0.05) is 5.39 Å². The van der Waals surface area contributed by atoms with E-state index < -0.39 is 0 Å². The number of nitrogens with zero attached hydrogens (tertiary/aromatic N) is 3. The van der Waals surface area contributed by atoms with Crippen molar-refractivity contribution in [2.45, 2.75) is 13.8 Å². The van der Waals surface area contributed by atoms with Crippen LogP contribution in [0.25, 0.3) is 16.4 Å². The van der Waals surface area contributed by atoms with Crippen LogP contribution < -0.4 is 0 Å². The number of hydrogen-bond donors (Lipinski definition) is 0. The predicted octanol–water partition coefficient (Wildman–Crippen LogP) is 2.50. The summed E-state index contributed by atoms with van der Waals surface area (Å²) in [6.07, 6.45) is 3.55. The van der Waals surface area contributed by atoms with Crippen LogP contribution in [0.1, 0.15) is 11.1 Å². The predicted molar refractivity (Wildman–Crippen MR) is 60.0 cm³/mol. The number of rotatable bonds is 0. The van der Waals surface area contributed by atoms with Gasteiger partial charge in [0.2, 0.25) is 0 Å². The second kappa shape index (κ2) is 2.79. The van der Waals surface area contributed by atoms with Gasteiger partial charge in [-0.3, -0.25) is 0 Å². The van der Waals surface area contributed by atoms with E-state index in [-0.39, 0.29) is 0 Å². The monoisotopic (exact) mass is 197 g/mol. The number of aryl methyl sites for hydroxylation is 2. The van der Waals surface area contributed by atoms with E-state index in [0.717, 1.165) is 16.4 Å². The molecule has 0 aliphatic rings. The molecule has 74 valence electrons. The minimum absolute atomic E-state index is 1.03. The maximum Gasteiger partial charge on any atom is 0.118 e. The van der Waals surface area contributed by atoms with E-state index in [2.05, 4.69) is 36.1 Å². The Kier molecular flexibility index (Phi) is 1.57. The zero-order valence-electron chi connectivity index (χ0n) is 8.73. The highest BCUT2D eigenvalue weighted by molar-refractivity contribution is 5.93. The molecule has 3 nitrogen and oxygen atoms in total. The number of benzene rings is 1. The van der Waals surface area contributed by atoms with Crippen LogP contribution in [0.4, 0.5) is 0 Å². The van der Waals surface area contributed by atoms with Crippen LogP contribution in [0.5, 0.6) is 0 Å². The van der Waals surface area contributed by atoms with E-state index >= 15 is 0 Å². The molecule has 3 aromatic rings. The summed E-state index contributed by atoms with van der Waals surface area (Å²) in [5.41, 5.74) is 4.71. The van der Waals surface area contributed by atoms with E-state index in [1.165, 1.54) is 11.1 Å². The standard InChI is InChI=1S/C12H11N3/c1-8-5-10-11(6-9(8)2)13-7-15-12(10)3-4-14-15/h3-7H,1-2H3. The molecule has 0 saturated carbocycles. The third-order valence-corrected chi connectivity index (χ3v) is 2.86. The van der Waals surface area contributed by atoms with Crippen LogP contribution >= 0.6 is 0 Å². The van der Waals surface area contributed by atoms with E-state index in [1.54, 1.807) is 17.0 Å². The molecular weight excluding hydrogens is 186 g/mol. The van der Waals surface area contributed by atoms with Crippen LogP contribution in [0.2, 0.25) is 0 Å². The number of hydrogen-bond acceptors (Lipinski definition) is 2. The molecule has 0 bridgehead atoms. The summed E-state index contributed by atoms with van der Waals surface area (Å²) in [6, 6.07) is 6.31. The molecule has 0 atom stereocenters. The first kappa shape index (κ1) is 8.41. The Morgan fingerprint density at radius 2 is 1.93 bits per heavy atom. The maximum absolute atomic E-state index is 4.38. The first-order chi connectivity index (χ1) is 7.25. The van der Waals surface area contributed by atoms with Gasteiger partial charge in [0.1, 0.15) is 6.33 Å². The fourth-order valence-corrected chi connectivity index (χ4v) is 1.85. The molecule has 0 radical (unpaired) electrons. The van der Waals surface area contributed by atoms with Gasteiger partial charge in [-0.05, 0) is 43.2 Å². The van der Waals surface area contributed by atoms with Gasteiger partial charge in [-0.15, -0.1) is 0 Å². The van der Waals surface area contributed by atoms with Crippen molar-refractivity contribution in [2.24, 2.45) is 0 Å². The zero-order valence-corrected chi connectivity index (χ0v) is 8.73. The molecule has 0 fully saturated rings. The van der Waals surface area contributed by atoms with E-state index in [9.17, 15) is 0 Å². The van der Waals surface area contributed by atoms with Crippen molar-refractivity contribution in [3.63, 3.8) is 0 Å². The summed E-state index contributed by atoms with van der Waals surface area (Å²) in [5.74, 6) is 0. The maximum atomic E-state index is 4.38. The van der Waals surface area contributed by atoms with Crippen molar-refractivity contribution >= 4 is 16.4 Å². The van der Waals surface area contributed by atoms with Crippen molar-refractivity contribution in [3.05, 3.63) is 41.9 Å². The second-order valence-corrected chi connectivity index (χ2v) is 3.86. The van der Waals surface area contributed by atoms with Gasteiger partial charge in [0.15, 0.2) is 0 Å². The Morgan fingerprint density at radius 3 is 2.80 bits per heavy atom. The van der Waals surface area contributed by atoms with Gasteiger partial charge in [0.05, 0.1) is 17.2 Å². The Hall–Kier alpha value is -1.90. The SMILES string of the molecule is Cc1cc2ncn3nccc3c2cc1C. The molecule has 0 aliphatic carbocycles. The van der Waals surface area contributed by atoms with Crippen molar-refractivity contribution in [3.8, 4) is 0 Å². The summed E-state index contributed by atoms with van der Waals surface area (Å²) < 4.78 is 1.80. The summed E-state index contributed by atoms with van der Waals surface area (Å²) in [6.45, 7) is 4.23. The van der Waals surface area contributed by atoms with Crippen molar-refractivity contribution in [1.82, 2.24) is 14.6 Å². The lowest BCUT2D eigenvalue weighted by atomic mass is 10.1. The van der Waals surface area contributed by atoms with Crippen LogP contribution in [0, 0.1) is 13.8 Å². The van der Waals surface area contributed by atoms with Gasteiger partial charge in [0.25, 0.3) is 0 Å². The highest BCUT2D eigenvalue weighted by atomic mass is 15.2. The lowest BCUT2D eigenvalue weighted by Gasteiger charge is -2.04.